The van der Waals surface area contributed by atoms with Gasteiger partial charge in [0.2, 0.25) is 5.91 Å². The number of carbonyl (C=O) groups excluding carboxylic acids is 1. The molecule has 0 saturated carbocycles. The van der Waals surface area contributed by atoms with Crippen LogP contribution in [0.1, 0.15) is 5.76 Å². The molecule has 0 atom stereocenters. The molecule has 0 aliphatic carbocycles. The van der Waals surface area contributed by atoms with E-state index in [9.17, 15) is 4.79 Å². The lowest BCUT2D eigenvalue weighted by atomic mass is 10.2. The number of halogens is 1. The molecular formula is C17H16ClN3O2. The fourth-order valence-electron chi connectivity index (χ4n) is 2.21. The summed E-state index contributed by atoms with van der Waals surface area (Å²) in [6.45, 7) is 0.683. The summed E-state index contributed by atoms with van der Waals surface area (Å²) in [5.74, 6) is 1.48. The molecule has 0 unspecified atom stereocenters. The summed E-state index contributed by atoms with van der Waals surface area (Å²) in [4.78, 5) is 17.7. The Kier molecular flexibility index (Phi) is 4.48. The van der Waals surface area contributed by atoms with Gasteiger partial charge in [0.15, 0.2) is 0 Å². The number of rotatable bonds is 5. The van der Waals surface area contributed by atoms with Crippen LogP contribution in [0.3, 0.4) is 0 Å². The lowest BCUT2D eigenvalue weighted by molar-refractivity contribution is -0.131. The monoisotopic (exact) mass is 329 g/mol. The average molecular weight is 330 g/mol. The number of likely N-dealkylation sites (N-methyl/N-ethyl adjacent to an activating group) is 1. The number of amides is 1. The van der Waals surface area contributed by atoms with Crippen LogP contribution in [0.4, 0.5) is 0 Å². The molecule has 1 aromatic carbocycles. The first kappa shape index (κ1) is 15.4. The van der Waals surface area contributed by atoms with Gasteiger partial charge in [-0.1, -0.05) is 11.6 Å². The fraction of sp³-hybridized carbons (Fsp3) is 0.176. The molecule has 0 fully saturated rings. The van der Waals surface area contributed by atoms with Crippen LogP contribution >= 0.6 is 11.6 Å². The van der Waals surface area contributed by atoms with E-state index in [4.69, 9.17) is 16.0 Å². The molecule has 5 nitrogen and oxygen atoms in total. The lowest BCUT2D eigenvalue weighted by Crippen LogP contribution is -2.29. The van der Waals surface area contributed by atoms with Crippen molar-refractivity contribution in [1.29, 1.82) is 0 Å². The molecular weight excluding hydrogens is 314 g/mol. The molecule has 0 spiro atoms. The van der Waals surface area contributed by atoms with E-state index in [0.717, 1.165) is 17.1 Å². The Hall–Kier alpha value is -2.53. The maximum absolute atomic E-state index is 12.2. The Morgan fingerprint density at radius 2 is 2.04 bits per heavy atom. The zero-order valence-corrected chi connectivity index (χ0v) is 13.4. The van der Waals surface area contributed by atoms with Crippen molar-refractivity contribution in [3.63, 3.8) is 0 Å². The summed E-state index contributed by atoms with van der Waals surface area (Å²) in [7, 11) is 1.75. The van der Waals surface area contributed by atoms with Crippen molar-refractivity contribution in [1.82, 2.24) is 14.5 Å². The minimum absolute atomic E-state index is 0.00700. The van der Waals surface area contributed by atoms with Crippen molar-refractivity contribution >= 4 is 17.5 Å². The second-order valence-corrected chi connectivity index (χ2v) is 5.69. The van der Waals surface area contributed by atoms with Crippen LogP contribution in [0.25, 0.3) is 11.3 Å². The molecule has 3 rings (SSSR count). The van der Waals surface area contributed by atoms with Crippen LogP contribution < -0.4 is 0 Å². The number of carbonyl (C=O) groups is 1. The van der Waals surface area contributed by atoms with Gasteiger partial charge in [0, 0.05) is 30.0 Å². The molecule has 0 saturated heterocycles. The second kappa shape index (κ2) is 6.71. The first-order chi connectivity index (χ1) is 11.1. The fourth-order valence-corrected chi connectivity index (χ4v) is 2.34. The zero-order valence-electron chi connectivity index (χ0n) is 12.6. The first-order valence-electron chi connectivity index (χ1n) is 7.16. The molecule has 1 amide bonds. The number of aromatic nitrogens is 2. The highest BCUT2D eigenvalue weighted by molar-refractivity contribution is 6.30. The minimum atomic E-state index is -0.00700. The normalized spacial score (nSPS) is 10.7. The van der Waals surface area contributed by atoms with Gasteiger partial charge in [0.25, 0.3) is 0 Å². The Morgan fingerprint density at radius 3 is 2.74 bits per heavy atom. The lowest BCUT2D eigenvalue weighted by Gasteiger charge is -2.15. The van der Waals surface area contributed by atoms with Gasteiger partial charge < -0.3 is 13.9 Å². The third-order valence-electron chi connectivity index (χ3n) is 3.49. The number of hydrogen-bond donors (Lipinski definition) is 0. The van der Waals surface area contributed by atoms with Crippen LogP contribution in [0.15, 0.2) is 59.5 Å². The van der Waals surface area contributed by atoms with Gasteiger partial charge >= 0.3 is 0 Å². The molecule has 0 radical (unpaired) electrons. The van der Waals surface area contributed by atoms with E-state index in [0.29, 0.717) is 11.6 Å². The van der Waals surface area contributed by atoms with Gasteiger partial charge in [-0.3, -0.25) is 4.79 Å². The largest absolute Gasteiger partial charge is 0.459 e. The predicted octanol–water partition coefficient (Wildman–Crippen LogP) is 3.46. The highest BCUT2D eigenvalue weighted by Crippen LogP contribution is 2.24. The summed E-state index contributed by atoms with van der Waals surface area (Å²) in [6.07, 6.45) is 5.03. The predicted molar refractivity (Wildman–Crippen MR) is 87.9 cm³/mol. The van der Waals surface area contributed by atoms with Crippen LogP contribution in [0.2, 0.25) is 5.02 Å². The molecule has 2 heterocycles. The maximum Gasteiger partial charge on any atom is 0.242 e. The SMILES string of the molecule is CN(Cc1ccc(-c2ccc(Cl)cc2)o1)C(=O)Cn1ccnc1. The number of nitrogens with zero attached hydrogens (tertiary/aromatic N) is 3. The van der Waals surface area contributed by atoms with Crippen LogP contribution in [0, 0.1) is 0 Å². The van der Waals surface area contributed by atoms with E-state index in [1.165, 1.54) is 0 Å². The summed E-state index contributed by atoms with van der Waals surface area (Å²) in [5, 5.41) is 0.686. The van der Waals surface area contributed by atoms with Crippen LogP contribution in [0.5, 0.6) is 0 Å². The molecule has 0 aliphatic rings. The summed E-state index contributed by atoms with van der Waals surface area (Å²) < 4.78 is 7.55. The van der Waals surface area contributed by atoms with Crippen LogP contribution in [-0.4, -0.2) is 27.4 Å². The van der Waals surface area contributed by atoms with Crippen molar-refractivity contribution in [2.24, 2.45) is 0 Å². The molecule has 3 aromatic rings. The van der Waals surface area contributed by atoms with Gasteiger partial charge in [-0.2, -0.15) is 0 Å². The van der Waals surface area contributed by atoms with Gasteiger partial charge in [-0.05, 0) is 36.4 Å². The third kappa shape index (κ3) is 3.81. The van der Waals surface area contributed by atoms with Crippen molar-refractivity contribution in [3.8, 4) is 11.3 Å². The number of furan rings is 1. The Labute approximate surface area is 139 Å². The first-order valence-corrected chi connectivity index (χ1v) is 7.54. The number of benzene rings is 1. The zero-order chi connectivity index (χ0) is 16.2. The Balaban J connectivity index is 1.64. The van der Waals surface area contributed by atoms with E-state index in [1.54, 1.807) is 35.2 Å². The van der Waals surface area contributed by atoms with Crippen molar-refractivity contribution < 1.29 is 9.21 Å². The Morgan fingerprint density at radius 1 is 1.26 bits per heavy atom. The van der Waals surface area contributed by atoms with E-state index < -0.39 is 0 Å². The summed E-state index contributed by atoms with van der Waals surface area (Å²) >= 11 is 5.89. The topological polar surface area (TPSA) is 51.3 Å². The molecule has 23 heavy (non-hydrogen) atoms. The third-order valence-corrected chi connectivity index (χ3v) is 3.74. The van der Waals surface area contributed by atoms with Gasteiger partial charge in [0.05, 0.1) is 12.9 Å². The standard InChI is InChI=1S/C17H16ClN3O2/c1-20(17(22)11-21-9-8-19-12-21)10-15-6-7-16(23-15)13-2-4-14(18)5-3-13/h2-9,12H,10-11H2,1H3. The molecule has 2 aromatic heterocycles. The Bertz CT molecular complexity index is 779. The molecule has 0 N–H and O–H groups in total. The van der Waals surface area contributed by atoms with E-state index in [1.807, 2.05) is 36.4 Å². The van der Waals surface area contributed by atoms with Crippen molar-refractivity contribution in [2.45, 2.75) is 13.1 Å². The second-order valence-electron chi connectivity index (χ2n) is 5.26. The molecule has 6 heteroatoms. The van der Waals surface area contributed by atoms with Crippen LogP contribution in [-0.2, 0) is 17.9 Å². The van der Waals surface area contributed by atoms with Gasteiger partial charge in [0.1, 0.15) is 18.1 Å². The molecule has 0 bridgehead atoms. The van der Waals surface area contributed by atoms with Crippen molar-refractivity contribution in [3.05, 3.63) is 65.9 Å². The van der Waals surface area contributed by atoms with Gasteiger partial charge in [-0.25, -0.2) is 4.98 Å². The van der Waals surface area contributed by atoms with Gasteiger partial charge in [-0.15, -0.1) is 0 Å². The summed E-state index contributed by atoms with van der Waals surface area (Å²) in [6, 6.07) is 11.2. The smallest absolute Gasteiger partial charge is 0.242 e. The summed E-state index contributed by atoms with van der Waals surface area (Å²) in [5.41, 5.74) is 0.952. The maximum atomic E-state index is 12.2. The van der Waals surface area contributed by atoms with E-state index >= 15 is 0 Å². The molecule has 118 valence electrons. The highest BCUT2D eigenvalue weighted by atomic mass is 35.5. The molecule has 0 aliphatic heterocycles. The highest BCUT2D eigenvalue weighted by Gasteiger charge is 2.12. The number of hydrogen-bond acceptors (Lipinski definition) is 3. The quantitative estimate of drug-likeness (QED) is 0.720. The van der Waals surface area contributed by atoms with Crippen molar-refractivity contribution in [2.75, 3.05) is 7.05 Å². The average Bonchev–Trinajstić information content (AvgIpc) is 3.20. The minimum Gasteiger partial charge on any atom is -0.459 e. The van der Waals surface area contributed by atoms with E-state index in [2.05, 4.69) is 4.98 Å². The van der Waals surface area contributed by atoms with E-state index in [-0.39, 0.29) is 12.5 Å². The number of imidazole rings is 1.